The van der Waals surface area contributed by atoms with Crippen molar-refractivity contribution in [2.75, 3.05) is 0 Å². The number of rotatable bonds is 1. The van der Waals surface area contributed by atoms with Crippen molar-refractivity contribution in [3.05, 3.63) is 35.4 Å². The third-order valence-corrected chi connectivity index (χ3v) is 7.58. The van der Waals surface area contributed by atoms with Gasteiger partial charge in [0.15, 0.2) is 0 Å². The van der Waals surface area contributed by atoms with Crippen LogP contribution in [0.4, 0.5) is 0 Å². The Morgan fingerprint density at radius 2 is 1.61 bits per heavy atom. The molecule has 1 saturated carbocycles. The van der Waals surface area contributed by atoms with Gasteiger partial charge in [0.05, 0.1) is 16.9 Å². The van der Waals surface area contributed by atoms with E-state index in [0.717, 1.165) is 35.0 Å². The van der Waals surface area contributed by atoms with E-state index in [1.165, 1.54) is 17.7 Å². The average Bonchev–Trinajstić information content (AvgIpc) is 3.12. The standard InChI is InChI=1S/C16H21N3.C7H14.C2H6/c1-10-11(2)19-14(18-10)12-8-7-9-17-13(12)15(3,4)16(19,5)6;1-4-7-5(2)6(7)3;1-2/h7-9H,1-6H3;5-7H,4H2,1-3H3;1-2H3. The van der Waals surface area contributed by atoms with Crippen LogP contribution in [0.2, 0.25) is 0 Å². The lowest BCUT2D eigenvalue weighted by molar-refractivity contribution is 0.187. The molecule has 3 nitrogen and oxygen atoms in total. The summed E-state index contributed by atoms with van der Waals surface area (Å²) in [6.07, 6.45) is 3.28. The Morgan fingerprint density at radius 3 is 2.07 bits per heavy atom. The van der Waals surface area contributed by atoms with Crippen LogP contribution in [0.15, 0.2) is 18.3 Å². The zero-order valence-electron chi connectivity index (χ0n) is 20.0. The van der Waals surface area contributed by atoms with Crippen molar-refractivity contribution in [3.63, 3.8) is 0 Å². The van der Waals surface area contributed by atoms with Crippen LogP contribution in [0.25, 0.3) is 11.4 Å². The second-order valence-corrected chi connectivity index (χ2v) is 9.32. The number of aryl methyl sites for hydroxylation is 1. The molecule has 3 heteroatoms. The molecule has 0 amide bonds. The highest BCUT2D eigenvalue weighted by atomic mass is 15.2. The first kappa shape index (κ1) is 22.6. The molecule has 28 heavy (non-hydrogen) atoms. The summed E-state index contributed by atoms with van der Waals surface area (Å²) in [5, 5.41) is 0. The summed E-state index contributed by atoms with van der Waals surface area (Å²) < 4.78 is 2.38. The van der Waals surface area contributed by atoms with Crippen LogP contribution >= 0.6 is 0 Å². The number of imidazole rings is 1. The van der Waals surface area contributed by atoms with Crippen molar-refractivity contribution in [1.82, 2.24) is 14.5 Å². The molecule has 156 valence electrons. The predicted octanol–water partition coefficient (Wildman–Crippen LogP) is 6.91. The molecule has 0 radical (unpaired) electrons. The highest BCUT2D eigenvalue weighted by molar-refractivity contribution is 5.65. The van der Waals surface area contributed by atoms with Gasteiger partial charge in [-0.2, -0.15) is 0 Å². The SMILES string of the molecule is CC.CCC1C(C)C1C.Cc1nc2n(c1C)C(C)(C)C(C)(C)c1ncccc1-2. The van der Waals surface area contributed by atoms with Gasteiger partial charge in [0.25, 0.3) is 0 Å². The second-order valence-electron chi connectivity index (χ2n) is 9.32. The topological polar surface area (TPSA) is 30.7 Å². The van der Waals surface area contributed by atoms with Crippen molar-refractivity contribution >= 4 is 0 Å². The van der Waals surface area contributed by atoms with E-state index in [9.17, 15) is 0 Å². The van der Waals surface area contributed by atoms with E-state index in [4.69, 9.17) is 4.98 Å². The van der Waals surface area contributed by atoms with Crippen molar-refractivity contribution in [3.8, 4) is 11.4 Å². The summed E-state index contributed by atoms with van der Waals surface area (Å²) in [6.45, 7) is 24.3. The van der Waals surface area contributed by atoms with E-state index >= 15 is 0 Å². The van der Waals surface area contributed by atoms with E-state index in [-0.39, 0.29) is 11.0 Å². The molecule has 2 unspecified atom stereocenters. The van der Waals surface area contributed by atoms with E-state index in [2.05, 4.69) is 77.9 Å². The maximum Gasteiger partial charge on any atom is 0.142 e. The zero-order valence-corrected chi connectivity index (χ0v) is 20.0. The monoisotopic (exact) mass is 383 g/mol. The quantitative estimate of drug-likeness (QED) is 0.535. The predicted molar refractivity (Wildman–Crippen MR) is 121 cm³/mol. The average molecular weight is 384 g/mol. The van der Waals surface area contributed by atoms with E-state index in [1.54, 1.807) is 0 Å². The molecule has 2 aliphatic rings. The second kappa shape index (κ2) is 8.00. The molecule has 4 rings (SSSR count). The Kier molecular flexibility index (Phi) is 6.47. The van der Waals surface area contributed by atoms with E-state index < -0.39 is 0 Å². The van der Waals surface area contributed by atoms with Gasteiger partial charge >= 0.3 is 0 Å². The van der Waals surface area contributed by atoms with Crippen molar-refractivity contribution in [2.45, 2.75) is 93.5 Å². The van der Waals surface area contributed by atoms with Gasteiger partial charge in [-0.15, -0.1) is 0 Å². The van der Waals surface area contributed by atoms with Crippen LogP contribution in [-0.4, -0.2) is 14.5 Å². The largest absolute Gasteiger partial charge is 0.322 e. The molecule has 2 atom stereocenters. The first-order valence-corrected chi connectivity index (χ1v) is 11.1. The van der Waals surface area contributed by atoms with Gasteiger partial charge in [-0.3, -0.25) is 4.98 Å². The number of aromatic nitrogens is 3. The minimum atomic E-state index is -0.0466. The number of hydrogen-bond acceptors (Lipinski definition) is 2. The first-order valence-electron chi connectivity index (χ1n) is 11.1. The van der Waals surface area contributed by atoms with Gasteiger partial charge in [-0.05, 0) is 57.6 Å². The summed E-state index contributed by atoms with van der Waals surface area (Å²) in [5.41, 5.74) is 4.60. The van der Waals surface area contributed by atoms with Crippen LogP contribution in [-0.2, 0) is 11.0 Å². The van der Waals surface area contributed by atoms with Crippen LogP contribution < -0.4 is 0 Å². The summed E-state index contributed by atoms with van der Waals surface area (Å²) in [5.74, 6) is 4.19. The Hall–Kier alpha value is -1.64. The summed E-state index contributed by atoms with van der Waals surface area (Å²) >= 11 is 0. The number of nitrogens with zero attached hydrogens (tertiary/aromatic N) is 3. The lowest BCUT2D eigenvalue weighted by atomic mass is 9.68. The normalized spacial score (nSPS) is 25.3. The minimum absolute atomic E-state index is 0.0332. The van der Waals surface area contributed by atoms with Crippen LogP contribution in [0, 0.1) is 31.6 Å². The summed E-state index contributed by atoms with van der Waals surface area (Å²) in [7, 11) is 0. The fourth-order valence-corrected chi connectivity index (χ4v) is 4.64. The van der Waals surface area contributed by atoms with Crippen LogP contribution in [0.5, 0.6) is 0 Å². The number of fused-ring (bicyclic) bond motifs is 3. The lowest BCUT2D eigenvalue weighted by Crippen LogP contribution is -2.49. The molecular formula is C25H41N3. The first-order chi connectivity index (χ1) is 13.1. The third-order valence-electron chi connectivity index (χ3n) is 7.58. The fourth-order valence-electron chi connectivity index (χ4n) is 4.64. The molecule has 2 aromatic heterocycles. The van der Waals surface area contributed by atoms with E-state index in [0.29, 0.717) is 0 Å². The highest BCUT2D eigenvalue weighted by Gasteiger charge is 2.48. The van der Waals surface area contributed by atoms with E-state index in [1.807, 2.05) is 26.1 Å². The maximum absolute atomic E-state index is 4.78. The smallest absolute Gasteiger partial charge is 0.142 e. The molecule has 0 aromatic carbocycles. The van der Waals surface area contributed by atoms with Crippen molar-refractivity contribution in [1.29, 1.82) is 0 Å². The number of hydrogen-bond donors (Lipinski definition) is 0. The zero-order chi connectivity index (χ0) is 21.4. The molecular weight excluding hydrogens is 342 g/mol. The van der Waals surface area contributed by atoms with Gasteiger partial charge in [-0.1, -0.05) is 54.9 Å². The Labute approximate surface area is 173 Å². The van der Waals surface area contributed by atoms with Crippen LogP contribution in [0.1, 0.15) is 85.8 Å². The summed E-state index contributed by atoms with van der Waals surface area (Å²) in [6, 6.07) is 4.13. The molecule has 0 N–H and O–H groups in total. The maximum atomic E-state index is 4.78. The van der Waals surface area contributed by atoms with Gasteiger partial charge in [0.1, 0.15) is 5.82 Å². The Balaban J connectivity index is 0.000000261. The Morgan fingerprint density at radius 1 is 1.04 bits per heavy atom. The number of pyridine rings is 1. The van der Waals surface area contributed by atoms with Gasteiger partial charge in [0, 0.05) is 22.9 Å². The third kappa shape index (κ3) is 3.42. The van der Waals surface area contributed by atoms with Gasteiger partial charge in [-0.25, -0.2) is 4.98 Å². The Bertz CT molecular complexity index is 805. The molecule has 1 fully saturated rings. The molecule has 1 aliphatic carbocycles. The van der Waals surface area contributed by atoms with Crippen molar-refractivity contribution < 1.29 is 0 Å². The van der Waals surface area contributed by atoms with Gasteiger partial charge < -0.3 is 4.57 Å². The van der Waals surface area contributed by atoms with Crippen molar-refractivity contribution in [2.24, 2.45) is 17.8 Å². The molecule has 2 aromatic rings. The minimum Gasteiger partial charge on any atom is -0.322 e. The molecule has 0 spiro atoms. The lowest BCUT2D eigenvalue weighted by Gasteiger charge is -2.47. The van der Waals surface area contributed by atoms with Gasteiger partial charge in [0.2, 0.25) is 0 Å². The molecule has 3 heterocycles. The molecule has 1 aliphatic heterocycles. The molecule has 0 bridgehead atoms. The van der Waals surface area contributed by atoms with Crippen LogP contribution in [0.3, 0.4) is 0 Å². The highest BCUT2D eigenvalue weighted by Crippen LogP contribution is 2.49. The fraction of sp³-hybridized carbons (Fsp3) is 0.680. The molecule has 0 saturated heterocycles. The summed E-state index contributed by atoms with van der Waals surface area (Å²) in [4.78, 5) is 9.43.